The van der Waals surface area contributed by atoms with Crippen molar-refractivity contribution >= 4 is 11.7 Å². The van der Waals surface area contributed by atoms with Crippen molar-refractivity contribution < 1.29 is 14.7 Å². The summed E-state index contributed by atoms with van der Waals surface area (Å²) in [6.07, 6.45) is 4.71. The van der Waals surface area contributed by atoms with E-state index >= 15 is 0 Å². The van der Waals surface area contributed by atoms with Gasteiger partial charge >= 0.3 is 0 Å². The van der Waals surface area contributed by atoms with Crippen molar-refractivity contribution in [2.45, 2.75) is 52.6 Å². The number of ketones is 1. The highest BCUT2D eigenvalue weighted by molar-refractivity contribution is 5.99. The fraction of sp³-hybridized carbons (Fsp3) is 0.714. The Bertz CT molecular complexity index is 285. The molecule has 0 aromatic rings. The Balaban J connectivity index is 3.94. The smallest absolute Gasteiger partial charge is 0.244 e. The second-order valence-electron chi connectivity index (χ2n) is 4.89. The van der Waals surface area contributed by atoms with Crippen LogP contribution in [0, 0.1) is 5.92 Å². The molecule has 4 nitrogen and oxygen atoms in total. The molecule has 4 heteroatoms. The average molecular weight is 255 g/mol. The number of amides is 1. The van der Waals surface area contributed by atoms with Crippen LogP contribution >= 0.6 is 0 Å². The van der Waals surface area contributed by atoms with E-state index in [2.05, 4.69) is 12.2 Å². The number of hydrogen-bond donors (Lipinski definition) is 2. The zero-order valence-corrected chi connectivity index (χ0v) is 11.6. The van der Waals surface area contributed by atoms with E-state index in [1.165, 1.54) is 6.08 Å². The van der Waals surface area contributed by atoms with Gasteiger partial charge in [-0.15, -0.1) is 0 Å². The molecule has 0 bridgehead atoms. The van der Waals surface area contributed by atoms with Gasteiger partial charge in [0.1, 0.15) is 6.10 Å². The number of aliphatic hydroxyl groups excluding tert-OH is 1. The quantitative estimate of drug-likeness (QED) is 0.488. The molecule has 0 fully saturated rings. The van der Waals surface area contributed by atoms with Crippen molar-refractivity contribution in [3.05, 3.63) is 12.2 Å². The first-order valence-electron chi connectivity index (χ1n) is 6.65. The van der Waals surface area contributed by atoms with Gasteiger partial charge in [-0.1, -0.05) is 40.0 Å². The number of rotatable bonds is 9. The van der Waals surface area contributed by atoms with E-state index in [1.807, 2.05) is 13.8 Å². The molecule has 0 saturated heterocycles. The zero-order chi connectivity index (χ0) is 14.0. The summed E-state index contributed by atoms with van der Waals surface area (Å²) in [5, 5.41) is 12.2. The Morgan fingerprint density at radius 1 is 1.22 bits per heavy atom. The summed E-state index contributed by atoms with van der Waals surface area (Å²) in [6.45, 7) is 6.63. The summed E-state index contributed by atoms with van der Waals surface area (Å²) in [6, 6.07) is 0. The molecule has 18 heavy (non-hydrogen) atoms. The second-order valence-corrected chi connectivity index (χ2v) is 4.89. The van der Waals surface area contributed by atoms with Crippen molar-refractivity contribution in [3.63, 3.8) is 0 Å². The molecule has 0 aromatic heterocycles. The highest BCUT2D eigenvalue weighted by Crippen LogP contribution is 2.04. The highest BCUT2D eigenvalue weighted by atomic mass is 16.3. The predicted molar refractivity (Wildman–Crippen MR) is 72.1 cm³/mol. The third-order valence-corrected chi connectivity index (χ3v) is 2.49. The maximum Gasteiger partial charge on any atom is 0.244 e. The molecule has 1 amide bonds. The Labute approximate surface area is 109 Å². The van der Waals surface area contributed by atoms with Gasteiger partial charge in [-0.2, -0.15) is 0 Å². The molecule has 1 atom stereocenters. The highest BCUT2D eigenvalue weighted by Gasteiger charge is 2.11. The fourth-order valence-electron chi connectivity index (χ4n) is 1.36. The Kier molecular flexibility index (Phi) is 9.19. The number of nitrogens with one attached hydrogen (secondary N) is 1. The van der Waals surface area contributed by atoms with E-state index in [1.54, 1.807) is 0 Å². The topological polar surface area (TPSA) is 66.4 Å². The number of hydrogen-bond acceptors (Lipinski definition) is 3. The summed E-state index contributed by atoms with van der Waals surface area (Å²) in [5.74, 6) is -0.318. The second kappa shape index (κ2) is 9.83. The van der Waals surface area contributed by atoms with Crippen LogP contribution in [0.15, 0.2) is 12.2 Å². The van der Waals surface area contributed by atoms with E-state index in [0.717, 1.165) is 25.3 Å². The number of aliphatic hydroxyl groups is 1. The van der Waals surface area contributed by atoms with Gasteiger partial charge < -0.3 is 10.4 Å². The molecule has 0 aliphatic carbocycles. The van der Waals surface area contributed by atoms with Crippen LogP contribution in [-0.2, 0) is 9.59 Å². The minimum absolute atomic E-state index is 0.294. The minimum Gasteiger partial charge on any atom is -0.385 e. The average Bonchev–Trinajstić information content (AvgIpc) is 2.33. The first-order chi connectivity index (χ1) is 8.47. The van der Waals surface area contributed by atoms with Crippen LogP contribution in [0.4, 0.5) is 0 Å². The van der Waals surface area contributed by atoms with E-state index < -0.39 is 11.9 Å². The molecule has 0 aromatic carbocycles. The van der Waals surface area contributed by atoms with Gasteiger partial charge in [-0.3, -0.25) is 9.59 Å². The first kappa shape index (κ1) is 16.8. The molecule has 2 N–H and O–H groups in total. The molecule has 0 saturated carbocycles. The van der Waals surface area contributed by atoms with E-state index in [-0.39, 0.29) is 5.91 Å². The molecule has 104 valence electrons. The summed E-state index contributed by atoms with van der Waals surface area (Å²) < 4.78 is 0. The van der Waals surface area contributed by atoms with Gasteiger partial charge in [0.05, 0.1) is 0 Å². The lowest BCUT2D eigenvalue weighted by Crippen LogP contribution is -2.26. The Hall–Kier alpha value is -1.16. The molecule has 0 aliphatic rings. The fourth-order valence-corrected chi connectivity index (χ4v) is 1.36. The van der Waals surface area contributed by atoms with Gasteiger partial charge in [-0.05, 0) is 18.4 Å². The van der Waals surface area contributed by atoms with Crippen molar-refractivity contribution in [1.82, 2.24) is 5.32 Å². The summed E-state index contributed by atoms with van der Waals surface area (Å²) in [7, 11) is 0. The van der Waals surface area contributed by atoms with Crippen molar-refractivity contribution in [3.8, 4) is 0 Å². The lowest BCUT2D eigenvalue weighted by Gasteiger charge is -2.06. The van der Waals surface area contributed by atoms with E-state index in [9.17, 15) is 14.7 Å². The normalized spacial score (nSPS) is 12.9. The molecule has 0 spiro atoms. The number of carbonyl (C=O) groups excluding carboxylic acids is 2. The standard InChI is InChI=1S/C14H25NO3/c1-4-5-6-7-12(16)13(17)8-9-14(18)15-10-11(2)3/h8-9,11-12,16H,4-7,10H2,1-3H3,(H,15,18)/b9-8+/t12-/m0/s1. The van der Waals surface area contributed by atoms with Gasteiger partial charge in [0.2, 0.25) is 5.91 Å². The SMILES string of the molecule is CCCCC[C@H](O)C(=O)/C=C/C(=O)NCC(C)C. The third-order valence-electron chi connectivity index (χ3n) is 2.49. The molecular formula is C14H25NO3. The number of unbranched alkanes of at least 4 members (excludes halogenated alkanes) is 2. The maximum atomic E-state index is 11.5. The van der Waals surface area contributed by atoms with Gasteiger partial charge in [0.25, 0.3) is 0 Å². The summed E-state index contributed by atoms with van der Waals surface area (Å²) >= 11 is 0. The first-order valence-corrected chi connectivity index (χ1v) is 6.65. The van der Waals surface area contributed by atoms with Crippen LogP contribution in [0.1, 0.15) is 46.5 Å². The van der Waals surface area contributed by atoms with Crippen LogP contribution in [0.5, 0.6) is 0 Å². The molecule has 0 radical (unpaired) electrons. The van der Waals surface area contributed by atoms with Gasteiger partial charge in [0, 0.05) is 12.6 Å². The van der Waals surface area contributed by atoms with Crippen molar-refractivity contribution in [1.29, 1.82) is 0 Å². The Morgan fingerprint density at radius 3 is 2.44 bits per heavy atom. The molecule has 0 rings (SSSR count). The monoisotopic (exact) mass is 255 g/mol. The van der Waals surface area contributed by atoms with Crippen molar-refractivity contribution in [2.75, 3.05) is 6.54 Å². The molecule has 0 heterocycles. The summed E-state index contributed by atoms with van der Waals surface area (Å²) in [5.41, 5.74) is 0. The largest absolute Gasteiger partial charge is 0.385 e. The van der Waals surface area contributed by atoms with Gasteiger partial charge in [0.15, 0.2) is 5.78 Å². The molecular weight excluding hydrogens is 230 g/mol. The molecule has 0 aliphatic heterocycles. The van der Waals surface area contributed by atoms with Crippen LogP contribution < -0.4 is 5.32 Å². The summed E-state index contributed by atoms with van der Waals surface area (Å²) in [4.78, 5) is 22.8. The zero-order valence-electron chi connectivity index (χ0n) is 11.6. The van der Waals surface area contributed by atoms with Crippen molar-refractivity contribution in [2.24, 2.45) is 5.92 Å². The minimum atomic E-state index is -0.981. The van der Waals surface area contributed by atoms with Gasteiger partial charge in [-0.25, -0.2) is 0 Å². The molecule has 0 unspecified atom stereocenters. The Morgan fingerprint density at radius 2 is 1.89 bits per heavy atom. The van der Waals surface area contributed by atoms with Crippen LogP contribution in [0.25, 0.3) is 0 Å². The van der Waals surface area contributed by atoms with E-state index in [4.69, 9.17) is 0 Å². The van der Waals surface area contributed by atoms with Crippen LogP contribution in [0.3, 0.4) is 0 Å². The van der Waals surface area contributed by atoms with Crippen LogP contribution in [-0.4, -0.2) is 29.4 Å². The lowest BCUT2D eigenvalue weighted by atomic mass is 10.1. The maximum absolute atomic E-state index is 11.5. The van der Waals surface area contributed by atoms with Crippen LogP contribution in [0.2, 0.25) is 0 Å². The lowest BCUT2D eigenvalue weighted by molar-refractivity contribution is -0.123. The third kappa shape index (κ3) is 8.93. The van der Waals surface area contributed by atoms with E-state index in [0.29, 0.717) is 18.9 Å². The number of carbonyl (C=O) groups is 2. The predicted octanol–water partition coefficient (Wildman–Crippen LogP) is 1.83.